The molecule has 0 N–H and O–H groups in total. The van der Waals surface area contributed by atoms with Crippen LogP contribution in [-0.2, 0) is 9.53 Å². The molecule has 0 aromatic carbocycles. The Morgan fingerprint density at radius 1 is 1.58 bits per heavy atom. The van der Waals surface area contributed by atoms with Crippen LogP contribution in [0.15, 0.2) is 12.2 Å². The molecule has 0 saturated heterocycles. The number of methoxy groups -OCH3 is 1. The van der Waals surface area contributed by atoms with Gasteiger partial charge in [0.15, 0.2) is 0 Å². The predicted octanol–water partition coefficient (Wildman–Crippen LogP) is 2.54. The van der Waals surface area contributed by atoms with E-state index in [0.29, 0.717) is 0 Å². The number of esters is 1. The van der Waals surface area contributed by atoms with E-state index in [1.165, 1.54) is 7.11 Å². The van der Waals surface area contributed by atoms with Crippen molar-refractivity contribution in [2.24, 2.45) is 5.92 Å². The molecule has 0 aliphatic heterocycles. The van der Waals surface area contributed by atoms with Crippen molar-refractivity contribution < 1.29 is 9.53 Å². The zero-order valence-corrected chi connectivity index (χ0v) is 8.17. The average Bonchev–Trinajstić information content (AvgIpc) is 2.11. The summed E-state index contributed by atoms with van der Waals surface area (Å²) in [6, 6.07) is 0. The zero-order chi connectivity index (χ0) is 9.40. The van der Waals surface area contributed by atoms with Gasteiger partial charge in [-0.25, -0.2) is 0 Å². The van der Waals surface area contributed by atoms with Crippen LogP contribution in [0.5, 0.6) is 0 Å². The lowest BCUT2D eigenvalue weighted by Crippen LogP contribution is -2.13. The molecule has 0 saturated carbocycles. The summed E-state index contributed by atoms with van der Waals surface area (Å²) in [4.78, 5) is 11.1. The van der Waals surface area contributed by atoms with Crippen LogP contribution in [0.25, 0.3) is 0 Å². The Morgan fingerprint density at radius 3 is 2.67 bits per heavy atom. The smallest absolute Gasteiger partial charge is 0.312 e. The van der Waals surface area contributed by atoms with E-state index in [1.54, 1.807) is 0 Å². The first kappa shape index (κ1) is 11.2. The second kappa shape index (κ2) is 6.89. The van der Waals surface area contributed by atoms with Gasteiger partial charge in [-0.1, -0.05) is 31.9 Å². The van der Waals surface area contributed by atoms with Gasteiger partial charge in [0.25, 0.3) is 0 Å². The molecule has 0 fully saturated rings. The van der Waals surface area contributed by atoms with Crippen LogP contribution in [0.1, 0.15) is 33.1 Å². The first-order valence-electron chi connectivity index (χ1n) is 4.46. The van der Waals surface area contributed by atoms with E-state index in [1.807, 2.05) is 19.1 Å². The number of allylic oxidation sites excluding steroid dienone is 1. The van der Waals surface area contributed by atoms with E-state index < -0.39 is 0 Å². The second-order valence-corrected chi connectivity index (χ2v) is 2.80. The third-order valence-corrected chi connectivity index (χ3v) is 1.80. The lowest BCUT2D eigenvalue weighted by Gasteiger charge is -2.08. The van der Waals surface area contributed by atoms with Crippen LogP contribution in [-0.4, -0.2) is 13.1 Å². The van der Waals surface area contributed by atoms with Gasteiger partial charge in [0.05, 0.1) is 13.0 Å². The number of ether oxygens (including phenoxy) is 1. The Kier molecular flexibility index (Phi) is 6.44. The zero-order valence-electron chi connectivity index (χ0n) is 8.17. The monoisotopic (exact) mass is 170 g/mol. The first-order valence-corrected chi connectivity index (χ1v) is 4.46. The molecule has 0 amide bonds. The number of hydrogen-bond donors (Lipinski definition) is 0. The van der Waals surface area contributed by atoms with Crippen molar-refractivity contribution in [3.8, 4) is 0 Å². The summed E-state index contributed by atoms with van der Waals surface area (Å²) in [6.07, 6.45) is 6.89. The summed E-state index contributed by atoms with van der Waals surface area (Å²) in [5.41, 5.74) is 0. The van der Waals surface area contributed by atoms with Gasteiger partial charge in [-0.15, -0.1) is 0 Å². The standard InChI is InChI=1S/C10H18O2/c1-4-6-8-9(7-5-2)10(11)12-3/h5,7,9H,4,6,8H2,1-3H3. The van der Waals surface area contributed by atoms with Gasteiger partial charge in [-0.3, -0.25) is 4.79 Å². The Balaban J connectivity index is 3.94. The Hall–Kier alpha value is -0.790. The van der Waals surface area contributed by atoms with Crippen LogP contribution >= 0.6 is 0 Å². The average molecular weight is 170 g/mol. The highest BCUT2D eigenvalue weighted by molar-refractivity contribution is 5.74. The molecule has 0 aliphatic rings. The fraction of sp³-hybridized carbons (Fsp3) is 0.700. The van der Waals surface area contributed by atoms with E-state index in [-0.39, 0.29) is 11.9 Å². The van der Waals surface area contributed by atoms with Gasteiger partial charge in [-0.2, -0.15) is 0 Å². The molecule has 0 radical (unpaired) electrons. The maximum Gasteiger partial charge on any atom is 0.312 e. The number of carbonyl (C=O) groups excluding carboxylic acids is 1. The van der Waals surface area contributed by atoms with Gasteiger partial charge in [0.1, 0.15) is 0 Å². The summed E-state index contributed by atoms with van der Waals surface area (Å²) < 4.78 is 4.67. The Bertz CT molecular complexity index is 150. The molecular weight excluding hydrogens is 152 g/mol. The summed E-state index contributed by atoms with van der Waals surface area (Å²) in [5.74, 6) is -0.165. The van der Waals surface area contributed by atoms with E-state index in [9.17, 15) is 4.79 Å². The van der Waals surface area contributed by atoms with Crippen molar-refractivity contribution >= 4 is 5.97 Å². The van der Waals surface area contributed by atoms with Gasteiger partial charge in [0.2, 0.25) is 0 Å². The molecule has 0 aromatic heterocycles. The lowest BCUT2D eigenvalue weighted by atomic mass is 10.0. The minimum atomic E-state index is -0.124. The van der Waals surface area contributed by atoms with E-state index in [4.69, 9.17) is 0 Å². The number of rotatable bonds is 5. The highest BCUT2D eigenvalue weighted by atomic mass is 16.5. The molecule has 0 spiro atoms. The van der Waals surface area contributed by atoms with Crippen molar-refractivity contribution in [1.29, 1.82) is 0 Å². The summed E-state index contributed by atoms with van der Waals surface area (Å²) in [6.45, 7) is 4.03. The Labute approximate surface area is 74.6 Å². The maximum absolute atomic E-state index is 11.1. The topological polar surface area (TPSA) is 26.3 Å². The Morgan fingerprint density at radius 2 is 2.25 bits per heavy atom. The first-order chi connectivity index (χ1) is 5.76. The molecule has 1 unspecified atom stereocenters. The van der Waals surface area contributed by atoms with Gasteiger partial charge in [-0.05, 0) is 13.3 Å². The summed E-state index contributed by atoms with van der Waals surface area (Å²) >= 11 is 0. The van der Waals surface area contributed by atoms with Crippen molar-refractivity contribution in [2.45, 2.75) is 33.1 Å². The molecule has 0 aromatic rings. The highest BCUT2D eigenvalue weighted by Gasteiger charge is 2.13. The van der Waals surface area contributed by atoms with Gasteiger partial charge < -0.3 is 4.74 Å². The van der Waals surface area contributed by atoms with Crippen LogP contribution in [0, 0.1) is 5.92 Å². The van der Waals surface area contributed by atoms with Crippen LogP contribution < -0.4 is 0 Å². The summed E-state index contributed by atoms with van der Waals surface area (Å²) in [5, 5.41) is 0. The molecule has 0 rings (SSSR count). The molecule has 0 bridgehead atoms. The number of unbranched alkanes of at least 4 members (excludes halogenated alkanes) is 1. The maximum atomic E-state index is 11.1. The molecule has 0 heterocycles. The van der Waals surface area contributed by atoms with E-state index in [2.05, 4.69) is 11.7 Å². The molecule has 2 nitrogen and oxygen atoms in total. The normalized spacial score (nSPS) is 13.2. The lowest BCUT2D eigenvalue weighted by molar-refractivity contribution is -0.143. The van der Waals surface area contributed by atoms with E-state index >= 15 is 0 Å². The van der Waals surface area contributed by atoms with E-state index in [0.717, 1.165) is 19.3 Å². The van der Waals surface area contributed by atoms with Crippen molar-refractivity contribution in [3.63, 3.8) is 0 Å². The molecule has 70 valence electrons. The number of hydrogen-bond acceptors (Lipinski definition) is 2. The van der Waals surface area contributed by atoms with Crippen LogP contribution in [0.3, 0.4) is 0 Å². The second-order valence-electron chi connectivity index (χ2n) is 2.80. The third-order valence-electron chi connectivity index (χ3n) is 1.80. The third kappa shape index (κ3) is 4.16. The molecule has 0 aliphatic carbocycles. The molecule has 2 heteroatoms. The minimum Gasteiger partial charge on any atom is -0.469 e. The predicted molar refractivity (Wildman–Crippen MR) is 49.8 cm³/mol. The fourth-order valence-electron chi connectivity index (χ4n) is 1.10. The molecule has 12 heavy (non-hydrogen) atoms. The van der Waals surface area contributed by atoms with Gasteiger partial charge >= 0.3 is 5.97 Å². The van der Waals surface area contributed by atoms with Crippen molar-refractivity contribution in [2.75, 3.05) is 7.11 Å². The summed E-state index contributed by atoms with van der Waals surface area (Å²) in [7, 11) is 1.44. The van der Waals surface area contributed by atoms with Gasteiger partial charge in [0, 0.05) is 0 Å². The quantitative estimate of drug-likeness (QED) is 0.468. The SMILES string of the molecule is CC=CC(CCCC)C(=O)OC. The molecule has 1 atom stereocenters. The largest absolute Gasteiger partial charge is 0.469 e. The molecular formula is C10H18O2. The number of carbonyl (C=O) groups is 1. The highest BCUT2D eigenvalue weighted by Crippen LogP contribution is 2.11. The van der Waals surface area contributed by atoms with Crippen LogP contribution in [0.2, 0.25) is 0 Å². The fourth-order valence-corrected chi connectivity index (χ4v) is 1.10. The van der Waals surface area contributed by atoms with Crippen molar-refractivity contribution in [3.05, 3.63) is 12.2 Å². The van der Waals surface area contributed by atoms with Crippen molar-refractivity contribution in [1.82, 2.24) is 0 Å². The minimum absolute atomic E-state index is 0.0417. The van der Waals surface area contributed by atoms with Crippen LogP contribution in [0.4, 0.5) is 0 Å².